The number of hydrogen-bond acceptors (Lipinski definition) is 6. The first-order valence-corrected chi connectivity index (χ1v) is 9.75. The minimum atomic E-state index is -1.03. The van der Waals surface area contributed by atoms with Gasteiger partial charge in [-0.2, -0.15) is 0 Å². The zero-order chi connectivity index (χ0) is 20.8. The van der Waals surface area contributed by atoms with Gasteiger partial charge in [0.2, 0.25) is 0 Å². The average molecular weight is 401 g/mol. The standard InChI is InChI=1S/C22H27NO6/c1-4-27-19-10-14-8-9-23-22(16(14)12-20(19)28-5-2)15-6-7-17(18(11-15)26-3)29-13-21(24)25/h6-7,10-12,22-23H,4-5,8-9,13H2,1-3H3,(H,24,25). The van der Waals surface area contributed by atoms with Crippen LogP contribution >= 0.6 is 0 Å². The molecule has 7 heteroatoms. The van der Waals surface area contributed by atoms with Crippen molar-refractivity contribution >= 4 is 5.97 Å². The number of rotatable bonds is 9. The van der Waals surface area contributed by atoms with Crippen molar-refractivity contribution in [2.75, 3.05) is 33.5 Å². The zero-order valence-electron chi connectivity index (χ0n) is 17.0. The number of hydrogen-bond donors (Lipinski definition) is 2. The number of nitrogens with one attached hydrogen (secondary N) is 1. The quantitative estimate of drug-likeness (QED) is 0.667. The van der Waals surface area contributed by atoms with E-state index in [9.17, 15) is 4.79 Å². The fourth-order valence-corrected chi connectivity index (χ4v) is 3.52. The molecule has 1 aliphatic rings. The van der Waals surface area contributed by atoms with Gasteiger partial charge in [-0.05, 0) is 61.2 Å². The van der Waals surface area contributed by atoms with Gasteiger partial charge in [-0.25, -0.2) is 4.79 Å². The molecule has 0 saturated carbocycles. The number of aliphatic carboxylic acids is 1. The van der Waals surface area contributed by atoms with Crippen LogP contribution in [0.5, 0.6) is 23.0 Å². The van der Waals surface area contributed by atoms with Crippen LogP contribution in [0.2, 0.25) is 0 Å². The summed E-state index contributed by atoms with van der Waals surface area (Å²) in [5, 5.41) is 12.4. The summed E-state index contributed by atoms with van der Waals surface area (Å²) in [6, 6.07) is 9.60. The summed E-state index contributed by atoms with van der Waals surface area (Å²) in [6.07, 6.45) is 0.898. The van der Waals surface area contributed by atoms with Gasteiger partial charge in [0.1, 0.15) is 0 Å². The van der Waals surface area contributed by atoms with Gasteiger partial charge in [0.15, 0.2) is 29.6 Å². The zero-order valence-corrected chi connectivity index (χ0v) is 17.0. The first-order valence-electron chi connectivity index (χ1n) is 9.75. The molecule has 0 bridgehead atoms. The second-order valence-electron chi connectivity index (χ2n) is 6.59. The van der Waals surface area contributed by atoms with Gasteiger partial charge in [-0.15, -0.1) is 0 Å². The van der Waals surface area contributed by atoms with Gasteiger partial charge < -0.3 is 29.4 Å². The third kappa shape index (κ3) is 4.74. The minimum absolute atomic E-state index is 0.0453. The van der Waals surface area contributed by atoms with Gasteiger partial charge in [-0.3, -0.25) is 0 Å². The molecule has 0 aliphatic carbocycles. The molecule has 156 valence electrons. The predicted molar refractivity (Wildman–Crippen MR) is 108 cm³/mol. The number of carboxylic acids is 1. The Morgan fingerprint density at radius 2 is 1.76 bits per heavy atom. The molecule has 29 heavy (non-hydrogen) atoms. The Balaban J connectivity index is 1.97. The molecule has 1 atom stereocenters. The molecule has 2 N–H and O–H groups in total. The van der Waals surface area contributed by atoms with Gasteiger partial charge in [0.25, 0.3) is 0 Å². The van der Waals surface area contributed by atoms with Gasteiger partial charge in [0.05, 0.1) is 26.4 Å². The predicted octanol–water partition coefficient (Wildman–Crippen LogP) is 3.19. The fraction of sp³-hybridized carbons (Fsp3) is 0.409. The lowest BCUT2D eigenvalue weighted by Crippen LogP contribution is -2.30. The Morgan fingerprint density at radius 1 is 1.03 bits per heavy atom. The second-order valence-corrected chi connectivity index (χ2v) is 6.59. The Hall–Kier alpha value is -2.93. The maximum absolute atomic E-state index is 10.8. The van der Waals surface area contributed by atoms with Crippen molar-refractivity contribution in [2.45, 2.75) is 26.3 Å². The first kappa shape index (κ1) is 20.8. The van der Waals surface area contributed by atoms with Crippen molar-refractivity contribution in [1.82, 2.24) is 5.32 Å². The molecule has 0 saturated heterocycles. The summed E-state index contributed by atoms with van der Waals surface area (Å²) >= 11 is 0. The molecule has 1 heterocycles. The molecule has 1 aliphatic heterocycles. The highest BCUT2D eigenvalue weighted by Crippen LogP contribution is 2.39. The summed E-state index contributed by atoms with van der Waals surface area (Å²) < 4.78 is 22.3. The van der Waals surface area contributed by atoms with E-state index in [1.807, 2.05) is 32.0 Å². The van der Waals surface area contributed by atoms with E-state index in [4.69, 9.17) is 24.1 Å². The largest absolute Gasteiger partial charge is 0.493 e. The van der Waals surface area contributed by atoms with E-state index in [1.165, 1.54) is 12.7 Å². The molecule has 0 radical (unpaired) electrons. The van der Waals surface area contributed by atoms with Gasteiger partial charge in [-0.1, -0.05) is 6.07 Å². The molecule has 2 aromatic carbocycles. The molecule has 2 aromatic rings. The number of methoxy groups -OCH3 is 1. The number of ether oxygens (including phenoxy) is 4. The van der Waals surface area contributed by atoms with Crippen LogP contribution in [0.3, 0.4) is 0 Å². The molecule has 3 rings (SSSR count). The molecule has 0 fully saturated rings. The van der Waals surface area contributed by atoms with Crippen LogP contribution in [-0.4, -0.2) is 44.6 Å². The summed E-state index contributed by atoms with van der Waals surface area (Å²) in [5.74, 6) is 1.36. The molecular formula is C22H27NO6. The number of fused-ring (bicyclic) bond motifs is 1. The lowest BCUT2D eigenvalue weighted by Gasteiger charge is -2.29. The van der Waals surface area contributed by atoms with Crippen molar-refractivity contribution in [1.29, 1.82) is 0 Å². The lowest BCUT2D eigenvalue weighted by molar-refractivity contribution is -0.139. The molecule has 0 aromatic heterocycles. The normalized spacial score (nSPS) is 15.3. The smallest absolute Gasteiger partial charge is 0.341 e. The monoisotopic (exact) mass is 401 g/mol. The minimum Gasteiger partial charge on any atom is -0.493 e. The summed E-state index contributed by atoms with van der Waals surface area (Å²) in [7, 11) is 1.54. The number of carboxylic acid groups (broad SMARTS) is 1. The molecule has 0 amide bonds. The van der Waals surface area contributed by atoms with Crippen LogP contribution in [0, 0.1) is 0 Å². The highest BCUT2D eigenvalue weighted by molar-refractivity contribution is 5.68. The molecule has 7 nitrogen and oxygen atoms in total. The summed E-state index contributed by atoms with van der Waals surface area (Å²) in [4.78, 5) is 10.8. The summed E-state index contributed by atoms with van der Waals surface area (Å²) in [6.45, 7) is 5.45. The SMILES string of the molecule is CCOc1cc2c(cc1OCC)C(c1ccc(OCC(=O)O)c(OC)c1)NCC2. The molecule has 1 unspecified atom stereocenters. The molecular weight excluding hydrogens is 374 g/mol. The van der Waals surface area contributed by atoms with Crippen LogP contribution in [0.25, 0.3) is 0 Å². The van der Waals surface area contributed by atoms with E-state index in [2.05, 4.69) is 11.4 Å². The first-order chi connectivity index (χ1) is 14.1. The number of benzene rings is 2. The van der Waals surface area contributed by atoms with E-state index < -0.39 is 12.6 Å². The van der Waals surface area contributed by atoms with E-state index in [0.717, 1.165) is 35.6 Å². The van der Waals surface area contributed by atoms with Crippen LogP contribution in [0.15, 0.2) is 30.3 Å². The topological polar surface area (TPSA) is 86.3 Å². The second kappa shape index (κ2) is 9.52. The number of carbonyl (C=O) groups is 1. The Bertz CT molecular complexity index is 867. The van der Waals surface area contributed by atoms with Crippen LogP contribution in [-0.2, 0) is 11.2 Å². The van der Waals surface area contributed by atoms with Crippen LogP contribution in [0.4, 0.5) is 0 Å². The van der Waals surface area contributed by atoms with E-state index >= 15 is 0 Å². The van der Waals surface area contributed by atoms with Crippen molar-refractivity contribution in [2.24, 2.45) is 0 Å². The maximum atomic E-state index is 10.8. The summed E-state index contributed by atoms with van der Waals surface area (Å²) in [5.41, 5.74) is 3.34. The van der Waals surface area contributed by atoms with E-state index in [0.29, 0.717) is 24.7 Å². The lowest BCUT2D eigenvalue weighted by atomic mass is 9.89. The Labute approximate surface area is 170 Å². The average Bonchev–Trinajstić information content (AvgIpc) is 2.72. The van der Waals surface area contributed by atoms with E-state index in [-0.39, 0.29) is 6.04 Å². The van der Waals surface area contributed by atoms with Crippen LogP contribution < -0.4 is 24.3 Å². The fourth-order valence-electron chi connectivity index (χ4n) is 3.52. The van der Waals surface area contributed by atoms with Crippen molar-refractivity contribution in [3.63, 3.8) is 0 Å². The van der Waals surface area contributed by atoms with Crippen molar-refractivity contribution < 1.29 is 28.8 Å². The third-order valence-electron chi connectivity index (χ3n) is 4.73. The highest BCUT2D eigenvalue weighted by Gasteiger charge is 2.25. The highest BCUT2D eigenvalue weighted by atomic mass is 16.5. The van der Waals surface area contributed by atoms with Crippen LogP contribution in [0.1, 0.15) is 36.6 Å². The Kier molecular flexibility index (Phi) is 6.82. The van der Waals surface area contributed by atoms with Gasteiger partial charge in [0, 0.05) is 6.54 Å². The Morgan fingerprint density at radius 3 is 2.41 bits per heavy atom. The maximum Gasteiger partial charge on any atom is 0.341 e. The molecule has 0 spiro atoms. The van der Waals surface area contributed by atoms with Crippen molar-refractivity contribution in [3.8, 4) is 23.0 Å². The third-order valence-corrected chi connectivity index (χ3v) is 4.73. The van der Waals surface area contributed by atoms with Gasteiger partial charge >= 0.3 is 5.97 Å². The van der Waals surface area contributed by atoms with E-state index in [1.54, 1.807) is 6.07 Å². The van der Waals surface area contributed by atoms with Crippen molar-refractivity contribution in [3.05, 3.63) is 47.0 Å².